The molecule has 3 heterocycles. The Morgan fingerprint density at radius 3 is 2.91 bits per heavy atom. The number of piperidine rings is 2. The van der Waals surface area contributed by atoms with Crippen LogP contribution in [0.2, 0.25) is 0 Å². The zero-order chi connectivity index (χ0) is 16.1. The summed E-state index contributed by atoms with van der Waals surface area (Å²) < 4.78 is 0. The normalized spacial score (nSPS) is 21.7. The van der Waals surface area contributed by atoms with Crippen molar-refractivity contribution in [1.29, 1.82) is 0 Å². The van der Waals surface area contributed by atoms with Gasteiger partial charge in [-0.2, -0.15) is 0 Å². The Morgan fingerprint density at radius 2 is 2.17 bits per heavy atom. The maximum atomic E-state index is 12.1. The van der Waals surface area contributed by atoms with E-state index < -0.39 is 0 Å². The molecular weight excluding hydrogens is 294 g/mol. The van der Waals surface area contributed by atoms with E-state index in [1.54, 1.807) is 6.20 Å². The van der Waals surface area contributed by atoms with Gasteiger partial charge >= 0.3 is 0 Å². The van der Waals surface area contributed by atoms with Crippen LogP contribution in [0, 0.1) is 5.92 Å². The third-order valence-electron chi connectivity index (χ3n) is 4.43. The topological polar surface area (TPSA) is 87.2 Å². The number of amides is 2. The van der Waals surface area contributed by atoms with Gasteiger partial charge in [-0.1, -0.05) is 0 Å². The molecule has 0 spiro atoms. The minimum atomic E-state index is -0.155. The first-order valence-corrected chi connectivity index (χ1v) is 8.33. The molecule has 1 atom stereocenters. The summed E-state index contributed by atoms with van der Waals surface area (Å²) in [7, 11) is 0. The summed E-state index contributed by atoms with van der Waals surface area (Å²) >= 11 is 0. The highest BCUT2D eigenvalue weighted by Gasteiger charge is 2.24. The van der Waals surface area contributed by atoms with E-state index in [9.17, 15) is 9.59 Å². The molecule has 7 nitrogen and oxygen atoms in total. The van der Waals surface area contributed by atoms with Crippen LogP contribution in [0.3, 0.4) is 0 Å². The molecule has 0 aromatic carbocycles. The molecule has 7 heteroatoms. The third kappa shape index (κ3) is 4.18. The second-order valence-corrected chi connectivity index (χ2v) is 6.14. The minimum absolute atomic E-state index is 0.0200. The van der Waals surface area contributed by atoms with E-state index in [-0.39, 0.29) is 17.7 Å². The van der Waals surface area contributed by atoms with Crippen LogP contribution in [-0.2, 0) is 16.1 Å². The Balaban J connectivity index is 1.53. The number of anilines is 1. The molecule has 23 heavy (non-hydrogen) atoms. The molecule has 2 fully saturated rings. The van der Waals surface area contributed by atoms with Gasteiger partial charge in [0.25, 0.3) is 0 Å². The Hall–Kier alpha value is -2.18. The standard InChI is InChI=1S/C16H23N5O2/c22-15-5-4-12(10-18-15)16(23)19-11-13-17-7-6-14(20-13)21-8-2-1-3-9-21/h6-7,12H,1-5,8-11H2,(H,18,22)(H,19,23). The van der Waals surface area contributed by atoms with Crippen molar-refractivity contribution in [3.05, 3.63) is 18.1 Å². The van der Waals surface area contributed by atoms with E-state index in [1.165, 1.54) is 19.3 Å². The van der Waals surface area contributed by atoms with E-state index in [1.807, 2.05) is 6.07 Å². The quantitative estimate of drug-likeness (QED) is 0.849. The second-order valence-electron chi connectivity index (χ2n) is 6.14. The fourth-order valence-electron chi connectivity index (χ4n) is 3.04. The number of nitrogens with one attached hydrogen (secondary N) is 2. The molecule has 1 aromatic rings. The van der Waals surface area contributed by atoms with Gasteiger partial charge in [0.1, 0.15) is 11.6 Å². The van der Waals surface area contributed by atoms with Crippen molar-refractivity contribution in [2.45, 2.75) is 38.6 Å². The molecule has 2 amide bonds. The van der Waals surface area contributed by atoms with Crippen LogP contribution in [0.4, 0.5) is 5.82 Å². The van der Waals surface area contributed by atoms with Crippen LogP contribution >= 0.6 is 0 Å². The van der Waals surface area contributed by atoms with Crippen molar-refractivity contribution in [2.24, 2.45) is 5.92 Å². The number of aromatic nitrogens is 2. The van der Waals surface area contributed by atoms with Crippen molar-refractivity contribution < 1.29 is 9.59 Å². The lowest BCUT2D eigenvalue weighted by Crippen LogP contribution is -2.42. The van der Waals surface area contributed by atoms with Crippen LogP contribution in [0.25, 0.3) is 0 Å². The van der Waals surface area contributed by atoms with Crippen molar-refractivity contribution >= 4 is 17.6 Å². The first kappa shape index (κ1) is 15.7. The Kier molecular flexibility index (Phi) is 5.05. The molecule has 2 saturated heterocycles. The van der Waals surface area contributed by atoms with Crippen LogP contribution in [-0.4, -0.2) is 41.4 Å². The average Bonchev–Trinajstić information content (AvgIpc) is 2.61. The number of rotatable bonds is 4. The van der Waals surface area contributed by atoms with Crippen molar-refractivity contribution in [1.82, 2.24) is 20.6 Å². The highest BCUT2D eigenvalue weighted by Crippen LogP contribution is 2.17. The smallest absolute Gasteiger partial charge is 0.225 e. The summed E-state index contributed by atoms with van der Waals surface area (Å²) in [5.41, 5.74) is 0. The summed E-state index contributed by atoms with van der Waals surface area (Å²) in [5.74, 6) is 1.39. The van der Waals surface area contributed by atoms with Gasteiger partial charge in [0.05, 0.1) is 12.5 Å². The summed E-state index contributed by atoms with van der Waals surface area (Å²) in [6.45, 7) is 2.81. The lowest BCUT2D eigenvalue weighted by atomic mass is 9.98. The Morgan fingerprint density at radius 1 is 1.35 bits per heavy atom. The van der Waals surface area contributed by atoms with Crippen LogP contribution in [0.1, 0.15) is 37.9 Å². The maximum absolute atomic E-state index is 12.1. The first-order chi connectivity index (χ1) is 11.2. The molecule has 3 rings (SSSR count). The molecule has 0 radical (unpaired) electrons. The predicted octanol–water partition coefficient (Wildman–Crippen LogP) is 0.609. The number of carbonyl (C=O) groups is 2. The van der Waals surface area contributed by atoms with E-state index >= 15 is 0 Å². The molecule has 2 aliphatic rings. The molecule has 2 N–H and O–H groups in total. The molecule has 0 bridgehead atoms. The van der Waals surface area contributed by atoms with E-state index in [0.29, 0.717) is 31.8 Å². The van der Waals surface area contributed by atoms with Crippen molar-refractivity contribution in [3.63, 3.8) is 0 Å². The lowest BCUT2D eigenvalue weighted by molar-refractivity contribution is -0.129. The maximum Gasteiger partial charge on any atom is 0.225 e. The summed E-state index contributed by atoms with van der Waals surface area (Å²) in [4.78, 5) is 34.3. The van der Waals surface area contributed by atoms with E-state index in [4.69, 9.17) is 0 Å². The third-order valence-corrected chi connectivity index (χ3v) is 4.43. The SMILES string of the molecule is O=C1CCC(C(=O)NCc2nccc(N3CCCCC3)n2)CN1. The Labute approximate surface area is 135 Å². The number of hydrogen-bond donors (Lipinski definition) is 2. The molecule has 2 aliphatic heterocycles. The molecular formula is C16H23N5O2. The molecule has 1 unspecified atom stereocenters. The number of hydrogen-bond acceptors (Lipinski definition) is 5. The number of nitrogens with zero attached hydrogens (tertiary/aromatic N) is 3. The largest absolute Gasteiger partial charge is 0.357 e. The van der Waals surface area contributed by atoms with E-state index in [2.05, 4.69) is 25.5 Å². The molecule has 0 saturated carbocycles. The minimum Gasteiger partial charge on any atom is -0.357 e. The van der Waals surface area contributed by atoms with Gasteiger partial charge in [-0.05, 0) is 31.7 Å². The Bertz CT molecular complexity index is 561. The van der Waals surface area contributed by atoms with Crippen LogP contribution in [0.15, 0.2) is 12.3 Å². The van der Waals surface area contributed by atoms with Gasteiger partial charge in [-0.3, -0.25) is 9.59 Å². The number of carbonyl (C=O) groups excluding carboxylic acids is 2. The fourth-order valence-corrected chi connectivity index (χ4v) is 3.04. The van der Waals surface area contributed by atoms with Gasteiger partial charge in [0.2, 0.25) is 11.8 Å². The van der Waals surface area contributed by atoms with Crippen molar-refractivity contribution in [2.75, 3.05) is 24.5 Å². The van der Waals surface area contributed by atoms with Crippen molar-refractivity contribution in [3.8, 4) is 0 Å². The predicted molar refractivity (Wildman–Crippen MR) is 85.7 cm³/mol. The highest BCUT2D eigenvalue weighted by atomic mass is 16.2. The fraction of sp³-hybridized carbons (Fsp3) is 0.625. The lowest BCUT2D eigenvalue weighted by Gasteiger charge is -2.27. The van der Waals surface area contributed by atoms with Gasteiger partial charge in [-0.15, -0.1) is 0 Å². The average molecular weight is 317 g/mol. The van der Waals surface area contributed by atoms with Gasteiger partial charge in [0.15, 0.2) is 0 Å². The van der Waals surface area contributed by atoms with Gasteiger partial charge < -0.3 is 15.5 Å². The monoisotopic (exact) mass is 317 g/mol. The van der Waals surface area contributed by atoms with Crippen LogP contribution < -0.4 is 15.5 Å². The molecule has 0 aliphatic carbocycles. The zero-order valence-electron chi connectivity index (χ0n) is 13.3. The van der Waals surface area contributed by atoms with Crippen LogP contribution in [0.5, 0.6) is 0 Å². The summed E-state index contributed by atoms with van der Waals surface area (Å²) in [6, 6.07) is 1.92. The van der Waals surface area contributed by atoms with Gasteiger partial charge in [0, 0.05) is 32.3 Å². The highest BCUT2D eigenvalue weighted by molar-refractivity contribution is 5.83. The van der Waals surface area contributed by atoms with E-state index in [0.717, 1.165) is 18.9 Å². The second kappa shape index (κ2) is 7.39. The summed E-state index contributed by atoms with van der Waals surface area (Å²) in [5, 5.41) is 5.61. The summed E-state index contributed by atoms with van der Waals surface area (Å²) in [6.07, 6.45) is 6.44. The zero-order valence-corrected chi connectivity index (χ0v) is 13.3. The molecule has 124 valence electrons. The van der Waals surface area contributed by atoms with Gasteiger partial charge in [-0.25, -0.2) is 9.97 Å². The molecule has 1 aromatic heterocycles. The first-order valence-electron chi connectivity index (χ1n) is 8.33.